The summed E-state index contributed by atoms with van der Waals surface area (Å²) in [5.74, 6) is 0.556. The summed E-state index contributed by atoms with van der Waals surface area (Å²) in [6.45, 7) is -0.0103. The van der Waals surface area contributed by atoms with E-state index in [0.717, 1.165) is 10.9 Å². The van der Waals surface area contributed by atoms with Crippen LogP contribution in [-0.4, -0.2) is 31.6 Å². The number of rotatable bonds is 6. The van der Waals surface area contributed by atoms with Gasteiger partial charge < -0.3 is 25.9 Å². The summed E-state index contributed by atoms with van der Waals surface area (Å²) in [6, 6.07) is 7.78. The lowest BCUT2D eigenvalue weighted by Crippen LogP contribution is -1.99. The number of aliphatic hydroxyl groups excluding tert-OH is 1. The topological polar surface area (TPSA) is 122 Å². The molecule has 4 aromatic rings. The molecular weight excluding hydrogens is 363 g/mol. The van der Waals surface area contributed by atoms with Crippen molar-refractivity contribution < 1.29 is 14.2 Å². The zero-order chi connectivity index (χ0) is 19.5. The molecule has 0 atom stereocenters. The molecule has 142 valence electrons. The van der Waals surface area contributed by atoms with E-state index in [1.54, 1.807) is 30.6 Å². The molecule has 0 spiro atoms. The Morgan fingerprint density at radius 2 is 2.00 bits per heavy atom. The summed E-state index contributed by atoms with van der Waals surface area (Å²) < 4.78 is 20.4. The predicted octanol–water partition coefficient (Wildman–Crippen LogP) is 3.14. The summed E-state index contributed by atoms with van der Waals surface area (Å²) in [7, 11) is 0. The van der Waals surface area contributed by atoms with Gasteiger partial charge in [0.2, 0.25) is 5.95 Å². The van der Waals surface area contributed by atoms with Crippen molar-refractivity contribution in [2.45, 2.75) is 6.42 Å². The molecule has 3 heterocycles. The van der Waals surface area contributed by atoms with Crippen LogP contribution in [0.4, 0.5) is 21.8 Å². The predicted molar refractivity (Wildman–Crippen MR) is 103 cm³/mol. The van der Waals surface area contributed by atoms with Crippen LogP contribution in [0.2, 0.25) is 0 Å². The van der Waals surface area contributed by atoms with Crippen molar-refractivity contribution in [2.75, 3.05) is 17.7 Å². The van der Waals surface area contributed by atoms with Gasteiger partial charge in [0.15, 0.2) is 11.6 Å². The number of hydrogen-bond donors (Lipinski definition) is 4. The van der Waals surface area contributed by atoms with Crippen molar-refractivity contribution in [3.63, 3.8) is 0 Å². The molecule has 28 heavy (non-hydrogen) atoms. The Morgan fingerprint density at radius 3 is 2.79 bits per heavy atom. The lowest BCUT2D eigenvalue weighted by Gasteiger charge is -2.11. The maximum atomic E-state index is 14.6. The highest BCUT2D eigenvalue weighted by Crippen LogP contribution is 2.33. The monoisotopic (exact) mass is 380 g/mol. The number of fused-ring (bicyclic) bond motifs is 1. The van der Waals surface area contributed by atoms with Crippen molar-refractivity contribution in [3.05, 3.63) is 60.3 Å². The second-order valence-electron chi connectivity index (χ2n) is 5.99. The van der Waals surface area contributed by atoms with E-state index in [9.17, 15) is 9.50 Å². The number of nitrogens with zero attached hydrogens (tertiary/aromatic N) is 3. The van der Waals surface area contributed by atoms with Crippen LogP contribution in [-0.2, 0) is 6.42 Å². The van der Waals surface area contributed by atoms with E-state index >= 15 is 0 Å². The van der Waals surface area contributed by atoms with Crippen LogP contribution in [0.3, 0.4) is 0 Å². The van der Waals surface area contributed by atoms with Gasteiger partial charge in [-0.25, -0.2) is 14.4 Å². The number of aromatic amines is 1. The molecule has 0 aliphatic carbocycles. The Bertz CT molecular complexity index is 1130. The number of benzene rings is 1. The molecule has 1 aromatic carbocycles. The van der Waals surface area contributed by atoms with Crippen LogP contribution in [0.1, 0.15) is 5.56 Å². The van der Waals surface area contributed by atoms with E-state index in [1.807, 2.05) is 0 Å². The second kappa shape index (κ2) is 7.49. The molecule has 0 unspecified atom stereocenters. The molecule has 0 aliphatic rings. The Morgan fingerprint density at radius 1 is 1.14 bits per heavy atom. The van der Waals surface area contributed by atoms with Crippen molar-refractivity contribution in [2.24, 2.45) is 0 Å². The van der Waals surface area contributed by atoms with E-state index < -0.39 is 5.82 Å². The quantitative estimate of drug-likeness (QED) is 0.405. The van der Waals surface area contributed by atoms with Crippen molar-refractivity contribution in [1.29, 1.82) is 0 Å². The van der Waals surface area contributed by atoms with E-state index in [1.165, 1.54) is 18.3 Å². The lowest BCUT2D eigenvalue weighted by molar-refractivity contribution is 0.300. The van der Waals surface area contributed by atoms with Crippen LogP contribution in [0.25, 0.3) is 11.0 Å². The lowest BCUT2D eigenvalue weighted by atomic mass is 10.1. The molecule has 4 rings (SSSR count). The van der Waals surface area contributed by atoms with Crippen molar-refractivity contribution in [3.8, 4) is 11.5 Å². The molecule has 0 bridgehead atoms. The zero-order valence-corrected chi connectivity index (χ0v) is 14.7. The number of nitrogens with one attached hydrogen (secondary N) is 2. The van der Waals surface area contributed by atoms with Gasteiger partial charge >= 0.3 is 0 Å². The number of hydrogen-bond acceptors (Lipinski definition) is 7. The number of anilines is 3. The molecule has 3 aromatic heterocycles. The maximum Gasteiger partial charge on any atom is 0.221 e. The van der Waals surface area contributed by atoms with Crippen LogP contribution >= 0.6 is 0 Å². The Kier molecular flexibility index (Phi) is 4.73. The third-order valence-corrected chi connectivity index (χ3v) is 4.10. The Balaban J connectivity index is 1.61. The molecule has 5 N–H and O–H groups in total. The van der Waals surface area contributed by atoms with Crippen molar-refractivity contribution in [1.82, 2.24) is 19.9 Å². The van der Waals surface area contributed by atoms with Gasteiger partial charge in [0, 0.05) is 37.0 Å². The van der Waals surface area contributed by atoms with Gasteiger partial charge in [0.25, 0.3) is 0 Å². The van der Waals surface area contributed by atoms with Gasteiger partial charge in [0.05, 0.1) is 5.39 Å². The number of H-pyrrole nitrogens is 1. The summed E-state index contributed by atoms with van der Waals surface area (Å²) in [5.41, 5.74) is 7.49. The summed E-state index contributed by atoms with van der Waals surface area (Å²) in [4.78, 5) is 15.1. The van der Waals surface area contributed by atoms with Crippen LogP contribution in [0, 0.1) is 5.82 Å². The first kappa shape index (κ1) is 17.7. The third-order valence-electron chi connectivity index (χ3n) is 4.10. The molecule has 0 amide bonds. The third kappa shape index (κ3) is 3.55. The average Bonchev–Trinajstić information content (AvgIpc) is 3.08. The SMILES string of the molecule is Nc1nccc(Nc2ccc(Oc3ccnc4[nH]cc(CCO)c34)c(F)c2)n1. The standard InChI is InChI=1S/C19H17FN6O2/c20-13-9-12(25-16-4-7-23-19(21)26-16)1-2-14(13)28-15-3-6-22-18-17(15)11(5-8-27)10-24-18/h1-4,6-7,9-10,27H,5,8H2,(H,22,24)(H3,21,23,25,26). The highest BCUT2D eigenvalue weighted by atomic mass is 19.1. The highest BCUT2D eigenvalue weighted by molar-refractivity contribution is 5.86. The minimum absolute atomic E-state index is 0.0103. The fraction of sp³-hybridized carbons (Fsp3) is 0.105. The normalized spacial score (nSPS) is 10.9. The van der Waals surface area contributed by atoms with Gasteiger partial charge in [-0.05, 0) is 36.2 Å². The number of pyridine rings is 1. The first-order chi connectivity index (χ1) is 13.6. The highest BCUT2D eigenvalue weighted by Gasteiger charge is 2.13. The van der Waals surface area contributed by atoms with Gasteiger partial charge in [0.1, 0.15) is 17.2 Å². The fourth-order valence-corrected chi connectivity index (χ4v) is 2.87. The molecule has 8 nitrogen and oxygen atoms in total. The number of aromatic nitrogens is 4. The minimum Gasteiger partial charge on any atom is -0.453 e. The molecule has 9 heteroatoms. The van der Waals surface area contributed by atoms with E-state index in [0.29, 0.717) is 29.3 Å². The second-order valence-corrected chi connectivity index (χ2v) is 5.99. The summed E-state index contributed by atoms with van der Waals surface area (Å²) >= 11 is 0. The molecule has 0 saturated heterocycles. The smallest absolute Gasteiger partial charge is 0.221 e. The Hall–Kier alpha value is -3.72. The molecule has 0 aliphatic heterocycles. The van der Waals surface area contributed by atoms with E-state index in [-0.39, 0.29) is 18.3 Å². The van der Waals surface area contributed by atoms with E-state index in [2.05, 4.69) is 25.3 Å². The first-order valence-corrected chi connectivity index (χ1v) is 8.53. The van der Waals surface area contributed by atoms with Crippen molar-refractivity contribution >= 4 is 28.5 Å². The first-order valence-electron chi connectivity index (χ1n) is 8.53. The van der Waals surface area contributed by atoms with Crippen LogP contribution in [0.5, 0.6) is 11.5 Å². The minimum atomic E-state index is -0.545. The van der Waals surface area contributed by atoms with E-state index in [4.69, 9.17) is 10.5 Å². The fourth-order valence-electron chi connectivity index (χ4n) is 2.87. The average molecular weight is 380 g/mol. The zero-order valence-electron chi connectivity index (χ0n) is 14.7. The number of ether oxygens (including phenoxy) is 1. The Labute approximate surface area is 159 Å². The largest absolute Gasteiger partial charge is 0.453 e. The number of nitrogens with two attached hydrogens (primary N) is 1. The van der Waals surface area contributed by atoms with Crippen LogP contribution < -0.4 is 15.8 Å². The molecular formula is C19H17FN6O2. The molecule has 0 radical (unpaired) electrons. The maximum absolute atomic E-state index is 14.6. The number of nitrogen functional groups attached to an aromatic ring is 1. The van der Waals surface area contributed by atoms with Gasteiger partial charge in [-0.15, -0.1) is 0 Å². The van der Waals surface area contributed by atoms with Gasteiger partial charge in [-0.1, -0.05) is 0 Å². The summed E-state index contributed by atoms with van der Waals surface area (Å²) in [5, 5.41) is 12.9. The summed E-state index contributed by atoms with van der Waals surface area (Å²) in [6.07, 6.45) is 5.28. The van der Waals surface area contributed by atoms with Gasteiger partial charge in [-0.2, -0.15) is 4.98 Å². The number of aliphatic hydroxyl groups is 1. The molecule has 0 saturated carbocycles. The molecule has 0 fully saturated rings. The van der Waals surface area contributed by atoms with Gasteiger partial charge in [-0.3, -0.25) is 0 Å². The number of halogens is 1. The van der Waals surface area contributed by atoms with Crippen LogP contribution in [0.15, 0.2) is 48.9 Å².